The molecule has 0 fully saturated rings. The molecule has 3 aromatic rings. The van der Waals surface area contributed by atoms with E-state index in [4.69, 9.17) is 4.74 Å². The van der Waals surface area contributed by atoms with Crippen molar-refractivity contribution < 1.29 is 9.53 Å². The van der Waals surface area contributed by atoms with Crippen molar-refractivity contribution in [1.82, 2.24) is 15.3 Å². The molecule has 0 unspecified atom stereocenters. The minimum absolute atomic E-state index is 0. The number of fused-ring (bicyclic) bond motifs is 1. The van der Waals surface area contributed by atoms with Gasteiger partial charge in [0.25, 0.3) is 5.91 Å². The molecule has 0 bridgehead atoms. The predicted octanol–water partition coefficient (Wildman–Crippen LogP) is 3.48. The molecule has 4 rings (SSSR count). The largest absolute Gasteiger partial charge is 0.485 e. The van der Waals surface area contributed by atoms with E-state index in [0.29, 0.717) is 24.5 Å². The first-order chi connectivity index (χ1) is 14.7. The highest BCUT2D eigenvalue weighted by atomic mass is 32.1. The number of aromatic nitrogens is 2. The number of thiophene rings is 1. The van der Waals surface area contributed by atoms with Gasteiger partial charge in [0.1, 0.15) is 29.6 Å². The fourth-order valence-electron chi connectivity index (χ4n) is 3.53. The van der Waals surface area contributed by atoms with Crippen LogP contribution in [0.5, 0.6) is 5.75 Å². The molecule has 9 heteroatoms. The molecule has 0 saturated heterocycles. The first-order valence-corrected chi connectivity index (χ1v) is 10.8. The summed E-state index contributed by atoms with van der Waals surface area (Å²) < 4.78 is 6.35. The standard InChI is InChI=1S/C22H25N5O2S.H2S/c1-23-9-8-19(20-7-4-12-30-20)29-17-6-3-5-16(13-17)27-11-10-26(2)21-18(22(27)28)14-24-15-25-21;/h3-7,12-15,19,23H,8-11H2,1-2H3;1H2/t19-;/m0./s1. The van der Waals surface area contributed by atoms with Gasteiger partial charge < -0.3 is 19.9 Å². The molecule has 3 heterocycles. The van der Waals surface area contributed by atoms with Crippen molar-refractivity contribution in [1.29, 1.82) is 0 Å². The van der Waals surface area contributed by atoms with Crippen LogP contribution in [0.3, 0.4) is 0 Å². The van der Waals surface area contributed by atoms with E-state index in [-0.39, 0.29) is 25.5 Å². The van der Waals surface area contributed by atoms with E-state index in [1.165, 1.54) is 11.2 Å². The number of hydrogen-bond acceptors (Lipinski definition) is 7. The van der Waals surface area contributed by atoms with Crippen LogP contribution in [0, 0.1) is 0 Å². The van der Waals surface area contributed by atoms with Crippen LogP contribution in [0.15, 0.2) is 54.3 Å². The van der Waals surface area contributed by atoms with Gasteiger partial charge in [0.15, 0.2) is 0 Å². The van der Waals surface area contributed by atoms with Gasteiger partial charge in [0.2, 0.25) is 0 Å². The van der Waals surface area contributed by atoms with E-state index in [1.807, 2.05) is 49.3 Å². The molecule has 1 amide bonds. The second-order valence-corrected chi connectivity index (χ2v) is 8.13. The number of carbonyl (C=O) groups excluding carboxylic acids is 1. The van der Waals surface area contributed by atoms with Gasteiger partial charge in [-0.1, -0.05) is 12.1 Å². The van der Waals surface area contributed by atoms with Gasteiger partial charge >= 0.3 is 0 Å². The Morgan fingerprint density at radius 1 is 1.26 bits per heavy atom. The molecule has 2 aromatic heterocycles. The minimum Gasteiger partial charge on any atom is -0.485 e. The molecule has 1 N–H and O–H groups in total. The molecule has 1 aromatic carbocycles. The number of nitrogens with zero attached hydrogens (tertiary/aromatic N) is 4. The van der Waals surface area contributed by atoms with Crippen molar-refractivity contribution in [2.24, 2.45) is 0 Å². The van der Waals surface area contributed by atoms with Crippen LogP contribution in [0.1, 0.15) is 27.8 Å². The molecule has 1 atom stereocenters. The molecule has 1 aliphatic heterocycles. The second-order valence-electron chi connectivity index (χ2n) is 7.15. The first-order valence-electron chi connectivity index (χ1n) is 9.95. The number of anilines is 2. The molecular formula is C22H27N5O2S2. The summed E-state index contributed by atoms with van der Waals surface area (Å²) in [6.07, 6.45) is 3.89. The fourth-order valence-corrected chi connectivity index (χ4v) is 4.31. The predicted molar refractivity (Wildman–Crippen MR) is 130 cm³/mol. The molecule has 0 spiro atoms. The average molecular weight is 458 g/mol. The Morgan fingerprint density at radius 2 is 2.13 bits per heavy atom. The van der Waals surface area contributed by atoms with Crippen molar-refractivity contribution in [2.75, 3.05) is 43.5 Å². The van der Waals surface area contributed by atoms with E-state index in [1.54, 1.807) is 22.4 Å². The molecule has 164 valence electrons. The summed E-state index contributed by atoms with van der Waals surface area (Å²) in [5.74, 6) is 1.31. The van der Waals surface area contributed by atoms with Crippen molar-refractivity contribution in [2.45, 2.75) is 12.5 Å². The molecule has 1 aliphatic rings. The number of benzene rings is 1. The van der Waals surface area contributed by atoms with Gasteiger partial charge in [-0.15, -0.1) is 11.3 Å². The summed E-state index contributed by atoms with van der Waals surface area (Å²) >= 11 is 1.69. The van der Waals surface area contributed by atoms with Crippen LogP contribution in [0.2, 0.25) is 0 Å². The summed E-state index contributed by atoms with van der Waals surface area (Å²) in [6, 6.07) is 11.9. The normalized spacial score (nSPS) is 14.5. The van der Waals surface area contributed by atoms with Crippen molar-refractivity contribution in [3.8, 4) is 5.75 Å². The summed E-state index contributed by atoms with van der Waals surface area (Å²) in [6.45, 7) is 2.10. The maximum atomic E-state index is 13.2. The highest BCUT2D eigenvalue weighted by Gasteiger charge is 2.27. The lowest BCUT2D eigenvalue weighted by atomic mass is 10.2. The molecule has 31 heavy (non-hydrogen) atoms. The number of carbonyl (C=O) groups is 1. The molecular weight excluding hydrogens is 430 g/mol. The molecule has 7 nitrogen and oxygen atoms in total. The van der Waals surface area contributed by atoms with Gasteiger partial charge in [-0.3, -0.25) is 4.79 Å². The highest BCUT2D eigenvalue weighted by molar-refractivity contribution is 7.59. The van der Waals surface area contributed by atoms with Crippen molar-refractivity contribution >= 4 is 42.2 Å². The Hall–Kier alpha value is -2.62. The van der Waals surface area contributed by atoms with Gasteiger partial charge in [-0.25, -0.2) is 9.97 Å². The van der Waals surface area contributed by atoms with E-state index in [2.05, 4.69) is 26.7 Å². The maximum absolute atomic E-state index is 13.2. The lowest BCUT2D eigenvalue weighted by molar-refractivity contribution is 0.0989. The number of amides is 1. The van der Waals surface area contributed by atoms with E-state index < -0.39 is 0 Å². The monoisotopic (exact) mass is 457 g/mol. The van der Waals surface area contributed by atoms with Gasteiger partial charge in [0.05, 0.1) is 0 Å². The minimum atomic E-state index is -0.0999. The number of likely N-dealkylation sites (N-methyl/N-ethyl adjacent to an activating group) is 1. The first kappa shape index (κ1) is 23.1. The SMILES string of the molecule is CNCC[C@H](Oc1cccc(N2CCN(C)c3ncncc3C2=O)c1)c1cccs1.S. The molecule has 0 saturated carbocycles. The third-order valence-corrected chi connectivity index (χ3v) is 6.08. The summed E-state index contributed by atoms with van der Waals surface area (Å²) in [7, 11) is 3.88. The fraction of sp³-hybridized carbons (Fsp3) is 0.318. The van der Waals surface area contributed by atoms with Gasteiger partial charge in [-0.05, 0) is 37.2 Å². The van der Waals surface area contributed by atoms with Crippen LogP contribution < -0.4 is 19.9 Å². The number of rotatable bonds is 7. The van der Waals surface area contributed by atoms with Gasteiger partial charge in [-0.2, -0.15) is 13.5 Å². The van der Waals surface area contributed by atoms with Crippen LogP contribution >= 0.6 is 24.8 Å². The van der Waals surface area contributed by atoms with E-state index in [0.717, 1.165) is 24.4 Å². The Bertz CT molecular complexity index is 999. The average Bonchev–Trinajstić information content (AvgIpc) is 3.27. The zero-order chi connectivity index (χ0) is 20.9. The molecule has 0 aliphatic carbocycles. The Balaban J connectivity index is 0.00000272. The Morgan fingerprint density at radius 3 is 2.90 bits per heavy atom. The van der Waals surface area contributed by atoms with Gasteiger partial charge in [0, 0.05) is 49.4 Å². The molecule has 0 radical (unpaired) electrons. The second kappa shape index (κ2) is 10.6. The summed E-state index contributed by atoms with van der Waals surface area (Å²) in [5.41, 5.74) is 1.32. The maximum Gasteiger partial charge on any atom is 0.263 e. The lowest BCUT2D eigenvalue weighted by Crippen LogP contribution is -2.33. The Kier molecular flexibility index (Phi) is 7.89. The van der Waals surface area contributed by atoms with Crippen LogP contribution in [-0.2, 0) is 0 Å². The smallest absolute Gasteiger partial charge is 0.263 e. The zero-order valence-electron chi connectivity index (χ0n) is 17.6. The van der Waals surface area contributed by atoms with Crippen LogP contribution in [-0.4, -0.2) is 49.6 Å². The van der Waals surface area contributed by atoms with E-state index in [9.17, 15) is 4.79 Å². The topological polar surface area (TPSA) is 70.6 Å². The number of ether oxygens (including phenoxy) is 1. The lowest BCUT2D eigenvalue weighted by Gasteiger charge is -2.23. The van der Waals surface area contributed by atoms with Crippen molar-refractivity contribution in [3.05, 3.63) is 64.7 Å². The van der Waals surface area contributed by atoms with Crippen LogP contribution in [0.25, 0.3) is 0 Å². The number of hydrogen-bond donors (Lipinski definition) is 1. The quantitative estimate of drug-likeness (QED) is 0.586. The third kappa shape index (κ3) is 5.17. The highest BCUT2D eigenvalue weighted by Crippen LogP contribution is 2.31. The number of nitrogens with one attached hydrogen (secondary N) is 1. The van der Waals surface area contributed by atoms with Crippen LogP contribution in [0.4, 0.5) is 11.5 Å². The van der Waals surface area contributed by atoms with Crippen molar-refractivity contribution in [3.63, 3.8) is 0 Å². The Labute approximate surface area is 193 Å². The van der Waals surface area contributed by atoms with E-state index >= 15 is 0 Å². The summed E-state index contributed by atoms with van der Waals surface area (Å²) in [5, 5.41) is 5.25. The zero-order valence-corrected chi connectivity index (χ0v) is 19.4. The summed E-state index contributed by atoms with van der Waals surface area (Å²) in [4.78, 5) is 26.5. The third-order valence-electron chi connectivity index (χ3n) is 5.11.